The van der Waals surface area contributed by atoms with Gasteiger partial charge in [0.05, 0.1) is 17.2 Å². The molecular weight excluding hydrogens is 312 g/mol. The largest absolute Gasteiger partial charge is 0.370 e. The molecule has 122 valence electrons. The van der Waals surface area contributed by atoms with Crippen molar-refractivity contribution >= 4 is 21.5 Å². The van der Waals surface area contributed by atoms with Gasteiger partial charge < -0.3 is 11.1 Å². The molecule has 1 saturated heterocycles. The number of nitrogens with two attached hydrogens (primary N) is 1. The molecule has 0 bridgehead atoms. The van der Waals surface area contributed by atoms with Crippen molar-refractivity contribution in [3.8, 4) is 0 Å². The van der Waals surface area contributed by atoms with Gasteiger partial charge in [0.15, 0.2) is 5.96 Å². The minimum absolute atomic E-state index is 0.00734. The Morgan fingerprint density at radius 1 is 1.32 bits per heavy atom. The van der Waals surface area contributed by atoms with E-state index in [2.05, 4.69) is 10.3 Å². The molecule has 0 aromatic heterocycles. The summed E-state index contributed by atoms with van der Waals surface area (Å²) in [7, 11) is -2.86. The summed E-state index contributed by atoms with van der Waals surface area (Å²) in [4.78, 5) is 4.07. The Morgan fingerprint density at radius 2 is 2.00 bits per heavy atom. The Morgan fingerprint density at radius 3 is 2.68 bits per heavy atom. The molecule has 0 amide bonds. The molecule has 1 heterocycles. The lowest BCUT2D eigenvalue weighted by molar-refractivity contribution is 0.441. The molecule has 0 unspecified atom stereocenters. The average molecular weight is 331 g/mol. The van der Waals surface area contributed by atoms with Crippen molar-refractivity contribution in [2.75, 3.05) is 23.4 Å². The van der Waals surface area contributed by atoms with Gasteiger partial charge in [0.2, 0.25) is 0 Å². The number of benzene rings is 1. The maximum atomic E-state index is 13.4. The van der Waals surface area contributed by atoms with E-state index in [-0.39, 0.29) is 23.2 Å². The van der Waals surface area contributed by atoms with Gasteiger partial charge in [-0.2, -0.15) is 0 Å². The maximum absolute atomic E-state index is 13.4. The van der Waals surface area contributed by atoms with Gasteiger partial charge >= 0.3 is 0 Å². The Labute approximate surface area is 128 Å². The molecule has 8 heteroatoms. The fourth-order valence-electron chi connectivity index (χ4n) is 2.37. The number of rotatable bonds is 4. The number of hydrogen-bond donors (Lipinski definition) is 2. The van der Waals surface area contributed by atoms with Crippen LogP contribution >= 0.6 is 0 Å². The fraction of sp³-hybridized carbons (Fsp3) is 0.500. The van der Waals surface area contributed by atoms with Crippen molar-refractivity contribution in [3.05, 3.63) is 29.8 Å². The fourth-order valence-corrected chi connectivity index (χ4v) is 3.95. The molecule has 1 aromatic carbocycles. The van der Waals surface area contributed by atoms with Crippen LogP contribution in [0.25, 0.3) is 0 Å². The van der Waals surface area contributed by atoms with Crippen LogP contribution in [0.1, 0.15) is 19.3 Å². The van der Waals surface area contributed by atoms with Crippen molar-refractivity contribution < 1.29 is 17.2 Å². The van der Waals surface area contributed by atoms with E-state index in [0.29, 0.717) is 25.3 Å². The first-order chi connectivity index (χ1) is 10.4. The second kappa shape index (κ2) is 7.04. The van der Waals surface area contributed by atoms with Gasteiger partial charge in [0.25, 0.3) is 0 Å². The van der Waals surface area contributed by atoms with Crippen molar-refractivity contribution in [1.82, 2.24) is 0 Å². The van der Waals surface area contributed by atoms with Gasteiger partial charge in [-0.25, -0.2) is 17.2 Å². The molecule has 0 radical (unpaired) electrons. The van der Waals surface area contributed by atoms with E-state index in [1.165, 1.54) is 0 Å². The average Bonchev–Trinajstić information content (AvgIpc) is 2.45. The van der Waals surface area contributed by atoms with Crippen LogP contribution in [0.3, 0.4) is 0 Å². The third-order valence-electron chi connectivity index (χ3n) is 3.68. The number of hydrogen-bond acceptors (Lipinski definition) is 3. The Bertz CT molecular complexity index is 648. The standard InChI is InChI=1S/C14H19F2N3O2S/c15-11-1-2-12(16)13(9-11)19-14(17)18-6-3-10-4-7-22(20,21)8-5-10/h1-2,9-10H,3-8H2,(H3,17,18,19). The first-order valence-electron chi connectivity index (χ1n) is 7.08. The van der Waals surface area contributed by atoms with Crippen LogP contribution in [0.5, 0.6) is 0 Å². The summed E-state index contributed by atoms with van der Waals surface area (Å²) in [6.07, 6.45) is 2.01. The molecule has 1 fully saturated rings. The van der Waals surface area contributed by atoms with Crippen molar-refractivity contribution in [1.29, 1.82) is 0 Å². The maximum Gasteiger partial charge on any atom is 0.193 e. The lowest BCUT2D eigenvalue weighted by Gasteiger charge is -2.20. The number of halogens is 2. The molecule has 0 saturated carbocycles. The third-order valence-corrected chi connectivity index (χ3v) is 5.40. The quantitative estimate of drug-likeness (QED) is 0.652. The van der Waals surface area contributed by atoms with E-state index in [1.54, 1.807) is 0 Å². The normalized spacial score (nSPS) is 19.1. The number of aliphatic imine (C=N–C) groups is 1. The number of anilines is 1. The second-order valence-corrected chi connectivity index (χ2v) is 7.70. The predicted octanol–water partition coefficient (Wildman–Crippen LogP) is 1.91. The molecule has 1 aliphatic rings. The second-order valence-electron chi connectivity index (χ2n) is 5.40. The highest BCUT2D eigenvalue weighted by Crippen LogP contribution is 2.21. The van der Waals surface area contributed by atoms with E-state index in [0.717, 1.165) is 24.6 Å². The van der Waals surface area contributed by atoms with Crippen molar-refractivity contribution in [2.24, 2.45) is 16.6 Å². The Balaban J connectivity index is 1.82. The van der Waals surface area contributed by atoms with Gasteiger partial charge in [-0.3, -0.25) is 4.99 Å². The van der Waals surface area contributed by atoms with Gasteiger partial charge in [-0.05, 0) is 37.3 Å². The summed E-state index contributed by atoms with van der Waals surface area (Å²) in [5.74, 6) is -0.413. The SMILES string of the molecule is NC(=NCCC1CCS(=O)(=O)CC1)Nc1cc(F)ccc1F. The van der Waals surface area contributed by atoms with Crippen molar-refractivity contribution in [3.63, 3.8) is 0 Å². The lowest BCUT2D eigenvalue weighted by Crippen LogP contribution is -2.25. The van der Waals surface area contributed by atoms with Crippen LogP contribution < -0.4 is 11.1 Å². The highest BCUT2D eigenvalue weighted by Gasteiger charge is 2.22. The summed E-state index contributed by atoms with van der Waals surface area (Å²) in [5.41, 5.74) is 5.57. The smallest absolute Gasteiger partial charge is 0.193 e. The zero-order chi connectivity index (χ0) is 16.2. The molecule has 22 heavy (non-hydrogen) atoms. The van der Waals surface area contributed by atoms with Gasteiger partial charge in [-0.1, -0.05) is 0 Å². The van der Waals surface area contributed by atoms with E-state index < -0.39 is 21.5 Å². The zero-order valence-electron chi connectivity index (χ0n) is 12.1. The highest BCUT2D eigenvalue weighted by atomic mass is 32.2. The number of guanidine groups is 1. The van der Waals surface area contributed by atoms with Crippen LogP contribution in [0, 0.1) is 17.6 Å². The molecule has 3 N–H and O–H groups in total. The predicted molar refractivity (Wildman–Crippen MR) is 82.5 cm³/mol. The summed E-state index contributed by atoms with van der Waals surface area (Å²) < 4.78 is 49.1. The molecule has 1 aromatic rings. The van der Waals surface area contributed by atoms with E-state index in [4.69, 9.17) is 5.73 Å². The molecule has 0 atom stereocenters. The first kappa shape index (κ1) is 16.7. The minimum Gasteiger partial charge on any atom is -0.370 e. The first-order valence-corrected chi connectivity index (χ1v) is 8.90. The summed E-state index contributed by atoms with van der Waals surface area (Å²) in [6, 6.07) is 3.03. The highest BCUT2D eigenvalue weighted by molar-refractivity contribution is 7.91. The van der Waals surface area contributed by atoms with Gasteiger partial charge in [0, 0.05) is 12.6 Å². The van der Waals surface area contributed by atoms with Crippen LogP contribution in [0.2, 0.25) is 0 Å². The van der Waals surface area contributed by atoms with Crippen LogP contribution in [-0.2, 0) is 9.84 Å². The number of sulfone groups is 1. The van der Waals surface area contributed by atoms with E-state index in [1.807, 2.05) is 0 Å². The molecule has 2 rings (SSSR count). The molecule has 0 spiro atoms. The molecule has 5 nitrogen and oxygen atoms in total. The van der Waals surface area contributed by atoms with Crippen molar-refractivity contribution in [2.45, 2.75) is 19.3 Å². The van der Waals surface area contributed by atoms with Crippen LogP contribution in [0.15, 0.2) is 23.2 Å². The summed E-state index contributed by atoms with van der Waals surface area (Å²) in [6.45, 7) is 0.417. The topological polar surface area (TPSA) is 84.5 Å². The number of nitrogens with one attached hydrogen (secondary N) is 1. The molecular formula is C14H19F2N3O2S. The Hall–Kier alpha value is -1.70. The zero-order valence-corrected chi connectivity index (χ0v) is 12.9. The van der Waals surface area contributed by atoms with Crippen LogP contribution in [-0.4, -0.2) is 32.4 Å². The van der Waals surface area contributed by atoms with Crippen LogP contribution in [0.4, 0.5) is 14.5 Å². The molecule has 0 aliphatic carbocycles. The summed E-state index contributed by atoms with van der Waals surface area (Å²) in [5, 5.41) is 2.52. The number of nitrogens with zero attached hydrogens (tertiary/aromatic N) is 1. The van der Waals surface area contributed by atoms with Gasteiger partial charge in [-0.15, -0.1) is 0 Å². The third kappa shape index (κ3) is 4.94. The lowest BCUT2D eigenvalue weighted by atomic mass is 9.99. The van der Waals surface area contributed by atoms with E-state index in [9.17, 15) is 17.2 Å². The summed E-state index contributed by atoms with van der Waals surface area (Å²) >= 11 is 0. The van der Waals surface area contributed by atoms with Gasteiger partial charge in [0.1, 0.15) is 21.5 Å². The monoisotopic (exact) mass is 331 g/mol. The minimum atomic E-state index is -2.86. The Kier molecular flexibility index (Phi) is 5.33. The molecule has 1 aliphatic heterocycles. The van der Waals surface area contributed by atoms with E-state index >= 15 is 0 Å².